The molecule has 0 amide bonds. The summed E-state index contributed by atoms with van der Waals surface area (Å²) >= 11 is 0. The number of benzene rings is 6. The van der Waals surface area contributed by atoms with Gasteiger partial charge in [0.2, 0.25) is 0 Å². The summed E-state index contributed by atoms with van der Waals surface area (Å²) in [6.07, 6.45) is 0. The molecule has 0 atom stereocenters. The van der Waals surface area contributed by atoms with Crippen molar-refractivity contribution in [1.82, 2.24) is 0 Å². The zero-order valence-corrected chi connectivity index (χ0v) is 23.6. The minimum absolute atomic E-state index is 0.267. The summed E-state index contributed by atoms with van der Waals surface area (Å²) in [5.41, 5.74) is 17.9. The van der Waals surface area contributed by atoms with E-state index in [2.05, 4.69) is 6.07 Å². The van der Waals surface area contributed by atoms with E-state index in [1.54, 1.807) is 30.3 Å². The van der Waals surface area contributed by atoms with Gasteiger partial charge in [0.25, 0.3) is 0 Å². The van der Waals surface area contributed by atoms with E-state index in [1.807, 2.05) is 103 Å². The first kappa shape index (κ1) is 26.9. The summed E-state index contributed by atoms with van der Waals surface area (Å²) in [5.74, 6) is 1.74. The number of carboxylic acids is 1. The van der Waals surface area contributed by atoms with Crippen LogP contribution >= 0.6 is 0 Å². The SMILES string of the molecule is Nc1ccc(Oc2ccc(C3(c4ccc(Oc5ccc(N)cc5)cc4)c4ccccc4-c4c(C(=O)O)cccc43)cc2)cc1. The van der Waals surface area contributed by atoms with Gasteiger partial charge in [-0.3, -0.25) is 0 Å². The fourth-order valence-corrected chi connectivity index (χ4v) is 6.18. The Kier molecular flexibility index (Phi) is 6.52. The van der Waals surface area contributed by atoms with Crippen LogP contribution in [-0.4, -0.2) is 11.1 Å². The monoisotopic (exact) mass is 576 g/mol. The fraction of sp³-hybridized carbons (Fsp3) is 0.0263. The smallest absolute Gasteiger partial charge is 0.336 e. The molecule has 0 saturated heterocycles. The molecule has 6 nitrogen and oxygen atoms in total. The highest BCUT2D eigenvalue weighted by Crippen LogP contribution is 2.57. The second kappa shape index (κ2) is 10.7. The Morgan fingerprint density at radius 1 is 0.523 bits per heavy atom. The summed E-state index contributed by atoms with van der Waals surface area (Å²) in [6, 6.07) is 44.0. The Balaban J connectivity index is 1.38. The number of rotatable bonds is 7. The number of hydrogen-bond donors (Lipinski definition) is 3. The fourth-order valence-electron chi connectivity index (χ4n) is 6.18. The van der Waals surface area contributed by atoms with Crippen LogP contribution < -0.4 is 20.9 Å². The minimum Gasteiger partial charge on any atom is -0.478 e. The van der Waals surface area contributed by atoms with Crippen LogP contribution in [0.3, 0.4) is 0 Å². The van der Waals surface area contributed by atoms with Crippen LogP contribution in [0.5, 0.6) is 23.0 Å². The number of nitrogens with two attached hydrogens (primary N) is 2. The van der Waals surface area contributed by atoms with Crippen LogP contribution in [0.2, 0.25) is 0 Å². The quantitative estimate of drug-likeness (QED) is 0.164. The summed E-state index contributed by atoms with van der Waals surface area (Å²) in [7, 11) is 0. The molecule has 6 heteroatoms. The van der Waals surface area contributed by atoms with Crippen molar-refractivity contribution in [1.29, 1.82) is 0 Å². The molecule has 6 aromatic carbocycles. The van der Waals surface area contributed by atoms with Gasteiger partial charge in [0.15, 0.2) is 0 Å². The number of anilines is 2. The summed E-state index contributed by atoms with van der Waals surface area (Å²) in [4.78, 5) is 12.5. The van der Waals surface area contributed by atoms with E-state index in [0.717, 1.165) is 33.4 Å². The van der Waals surface area contributed by atoms with Crippen molar-refractivity contribution in [2.45, 2.75) is 5.41 Å². The van der Waals surface area contributed by atoms with Gasteiger partial charge in [-0.2, -0.15) is 0 Å². The maximum Gasteiger partial charge on any atom is 0.336 e. The van der Waals surface area contributed by atoms with Crippen LogP contribution in [0, 0.1) is 0 Å². The number of carbonyl (C=O) groups is 1. The molecule has 44 heavy (non-hydrogen) atoms. The second-order valence-corrected chi connectivity index (χ2v) is 10.7. The van der Waals surface area contributed by atoms with Crippen molar-refractivity contribution in [2.75, 3.05) is 11.5 Å². The van der Waals surface area contributed by atoms with Gasteiger partial charge >= 0.3 is 5.97 Å². The van der Waals surface area contributed by atoms with Crippen molar-refractivity contribution < 1.29 is 19.4 Å². The zero-order chi connectivity index (χ0) is 30.3. The molecule has 5 N–H and O–H groups in total. The van der Waals surface area contributed by atoms with E-state index in [4.69, 9.17) is 20.9 Å². The third kappa shape index (κ3) is 4.50. The maximum absolute atomic E-state index is 12.5. The molecule has 0 saturated carbocycles. The molecule has 1 aliphatic carbocycles. The van der Waals surface area contributed by atoms with E-state index in [1.165, 1.54) is 0 Å². The lowest BCUT2D eigenvalue weighted by molar-refractivity contribution is 0.0697. The lowest BCUT2D eigenvalue weighted by Gasteiger charge is -2.34. The Hall–Kier alpha value is -6.01. The number of ether oxygens (including phenoxy) is 2. The Labute approximate surface area is 254 Å². The van der Waals surface area contributed by atoms with Crippen LogP contribution in [0.1, 0.15) is 32.6 Å². The van der Waals surface area contributed by atoms with Crippen LogP contribution in [0.25, 0.3) is 11.1 Å². The summed E-state index contributed by atoms with van der Waals surface area (Å²) in [5, 5.41) is 10.2. The topological polar surface area (TPSA) is 108 Å². The molecule has 0 heterocycles. The molecule has 0 fully saturated rings. The molecule has 0 spiro atoms. The number of nitrogen functional groups attached to an aromatic ring is 2. The van der Waals surface area contributed by atoms with Gasteiger partial charge in [-0.05, 0) is 107 Å². The average molecular weight is 577 g/mol. The third-order valence-corrected chi connectivity index (χ3v) is 8.11. The molecule has 0 unspecified atom stereocenters. The van der Waals surface area contributed by atoms with E-state index in [9.17, 15) is 9.90 Å². The van der Waals surface area contributed by atoms with Crippen molar-refractivity contribution in [3.05, 3.63) is 167 Å². The van der Waals surface area contributed by atoms with Gasteiger partial charge in [-0.15, -0.1) is 0 Å². The van der Waals surface area contributed by atoms with Gasteiger partial charge in [0.05, 0.1) is 11.0 Å². The zero-order valence-electron chi connectivity index (χ0n) is 23.6. The number of hydrogen-bond acceptors (Lipinski definition) is 5. The third-order valence-electron chi connectivity index (χ3n) is 8.11. The van der Waals surface area contributed by atoms with Gasteiger partial charge in [-0.1, -0.05) is 60.7 Å². The van der Waals surface area contributed by atoms with Crippen LogP contribution in [0.15, 0.2) is 140 Å². The molecule has 6 aromatic rings. The van der Waals surface area contributed by atoms with Crippen molar-refractivity contribution >= 4 is 17.3 Å². The van der Waals surface area contributed by atoms with E-state index < -0.39 is 11.4 Å². The van der Waals surface area contributed by atoms with E-state index >= 15 is 0 Å². The van der Waals surface area contributed by atoms with Crippen molar-refractivity contribution in [3.63, 3.8) is 0 Å². The minimum atomic E-state index is -0.966. The highest BCUT2D eigenvalue weighted by Gasteiger charge is 2.47. The normalized spacial score (nSPS) is 12.6. The molecular weight excluding hydrogens is 548 g/mol. The Morgan fingerprint density at radius 2 is 0.955 bits per heavy atom. The first-order valence-electron chi connectivity index (χ1n) is 14.2. The van der Waals surface area contributed by atoms with Crippen molar-refractivity contribution in [3.8, 4) is 34.1 Å². The summed E-state index contributed by atoms with van der Waals surface area (Å²) in [6.45, 7) is 0. The number of aromatic carboxylic acids is 1. The molecule has 0 radical (unpaired) electrons. The molecular formula is C38H28N2O4. The van der Waals surface area contributed by atoms with Gasteiger partial charge in [0.1, 0.15) is 23.0 Å². The number of carboxylic acid groups (broad SMARTS) is 1. The highest BCUT2D eigenvalue weighted by atomic mass is 16.5. The molecule has 214 valence electrons. The predicted molar refractivity (Wildman–Crippen MR) is 173 cm³/mol. The molecule has 0 aromatic heterocycles. The number of fused-ring (bicyclic) bond motifs is 3. The molecule has 0 aliphatic heterocycles. The molecule has 1 aliphatic rings. The largest absolute Gasteiger partial charge is 0.478 e. The maximum atomic E-state index is 12.5. The lowest BCUT2D eigenvalue weighted by Crippen LogP contribution is -2.28. The highest BCUT2D eigenvalue weighted by molar-refractivity contribution is 6.01. The van der Waals surface area contributed by atoms with Gasteiger partial charge in [0, 0.05) is 16.9 Å². The van der Waals surface area contributed by atoms with E-state index in [-0.39, 0.29) is 5.56 Å². The standard InChI is InChI=1S/C38H28N2O4/c39-26-12-20-30(21-13-26)43-28-16-8-24(9-17-28)38(25-10-18-29(19-11-25)44-31-22-14-27(40)15-23-31)34-6-2-1-4-32(34)36-33(37(41)42)5-3-7-35(36)38/h1-23H,39-40H2,(H,41,42). The van der Waals surface area contributed by atoms with Crippen LogP contribution in [-0.2, 0) is 5.41 Å². The Bertz CT molecular complexity index is 1890. The van der Waals surface area contributed by atoms with E-state index in [0.29, 0.717) is 34.4 Å². The molecule has 7 rings (SSSR count). The predicted octanol–water partition coefficient (Wildman–Crippen LogP) is 8.50. The summed E-state index contributed by atoms with van der Waals surface area (Å²) < 4.78 is 12.2. The first-order valence-corrected chi connectivity index (χ1v) is 14.2. The first-order chi connectivity index (χ1) is 21.4. The molecule has 0 bridgehead atoms. The van der Waals surface area contributed by atoms with Crippen molar-refractivity contribution in [2.24, 2.45) is 0 Å². The van der Waals surface area contributed by atoms with Crippen LogP contribution in [0.4, 0.5) is 11.4 Å². The average Bonchev–Trinajstić information content (AvgIpc) is 3.35. The Morgan fingerprint density at radius 3 is 1.43 bits per heavy atom. The van der Waals surface area contributed by atoms with Gasteiger partial charge in [-0.25, -0.2) is 4.79 Å². The van der Waals surface area contributed by atoms with Gasteiger partial charge < -0.3 is 26.0 Å². The second-order valence-electron chi connectivity index (χ2n) is 10.7. The lowest BCUT2D eigenvalue weighted by atomic mass is 9.67.